The second kappa shape index (κ2) is 6.05. The van der Waals surface area contributed by atoms with Gasteiger partial charge in [0.1, 0.15) is 13.2 Å². The molecular weight excluding hydrogens is 342 g/mol. The highest BCUT2D eigenvalue weighted by atomic mass is 32.2. The molecule has 136 valence electrons. The highest BCUT2D eigenvalue weighted by molar-refractivity contribution is 7.90. The van der Waals surface area contributed by atoms with E-state index in [0.29, 0.717) is 24.7 Å². The second-order valence-corrected chi connectivity index (χ2v) is 9.03. The van der Waals surface area contributed by atoms with E-state index in [1.807, 2.05) is 33.8 Å². The second-order valence-electron chi connectivity index (χ2n) is 7.34. The van der Waals surface area contributed by atoms with Crippen LogP contribution in [0.15, 0.2) is 34.7 Å². The van der Waals surface area contributed by atoms with Crippen molar-refractivity contribution in [3.63, 3.8) is 0 Å². The molecule has 1 aromatic carbocycles. The Kier molecular flexibility index (Phi) is 4.31. The van der Waals surface area contributed by atoms with Crippen LogP contribution < -0.4 is 14.2 Å². The fourth-order valence-electron chi connectivity index (χ4n) is 3.29. The largest absolute Gasteiger partial charge is 0.486 e. The predicted octanol–water partition coefficient (Wildman–Crippen LogP) is 2.50. The lowest BCUT2D eigenvalue weighted by Crippen LogP contribution is -2.33. The van der Waals surface area contributed by atoms with Gasteiger partial charge in [-0.25, -0.2) is 13.1 Å². The van der Waals surface area contributed by atoms with E-state index >= 15 is 0 Å². The van der Waals surface area contributed by atoms with E-state index in [-0.39, 0.29) is 22.1 Å². The van der Waals surface area contributed by atoms with Crippen LogP contribution in [0.1, 0.15) is 27.7 Å². The summed E-state index contributed by atoms with van der Waals surface area (Å²) >= 11 is 0. The Labute approximate surface area is 148 Å². The van der Waals surface area contributed by atoms with Gasteiger partial charge in [-0.3, -0.25) is 4.79 Å². The Bertz CT molecular complexity index is 837. The van der Waals surface area contributed by atoms with Crippen LogP contribution in [0.4, 0.5) is 0 Å². The summed E-state index contributed by atoms with van der Waals surface area (Å²) in [6, 6.07) is 4.34. The first-order valence-corrected chi connectivity index (χ1v) is 9.72. The van der Waals surface area contributed by atoms with Gasteiger partial charge in [0.15, 0.2) is 11.5 Å². The van der Waals surface area contributed by atoms with Crippen LogP contribution in [-0.4, -0.2) is 27.5 Å². The number of hydrogen-bond donors (Lipinski definition) is 1. The molecule has 0 aromatic heterocycles. The van der Waals surface area contributed by atoms with Crippen LogP contribution in [-0.2, 0) is 14.8 Å². The van der Waals surface area contributed by atoms with Gasteiger partial charge in [-0.05, 0) is 37.3 Å². The van der Waals surface area contributed by atoms with Gasteiger partial charge in [-0.2, -0.15) is 0 Å². The molecule has 6 nitrogen and oxygen atoms in total. The monoisotopic (exact) mass is 365 g/mol. The summed E-state index contributed by atoms with van der Waals surface area (Å²) in [5, 5.41) is 0. The van der Waals surface area contributed by atoms with Crippen molar-refractivity contribution in [1.82, 2.24) is 4.72 Å². The SMILES string of the molecule is CC(C)=C[C@H]1[C@@H](C(=O)NS(=O)(=O)c2ccc3c(c2)OCCO3)C1(C)C. The summed E-state index contributed by atoms with van der Waals surface area (Å²) in [5.74, 6) is 0.101. The van der Waals surface area contributed by atoms with E-state index in [1.165, 1.54) is 12.1 Å². The number of hydrogen-bond acceptors (Lipinski definition) is 5. The van der Waals surface area contributed by atoms with Crippen LogP contribution in [0.3, 0.4) is 0 Å². The normalized spacial score (nSPS) is 23.5. The van der Waals surface area contributed by atoms with E-state index in [0.717, 1.165) is 5.57 Å². The summed E-state index contributed by atoms with van der Waals surface area (Å²) in [6.07, 6.45) is 2.03. The molecular formula is C18H23NO5S. The third-order valence-corrected chi connectivity index (χ3v) is 6.11. The third kappa shape index (κ3) is 3.38. The molecule has 0 spiro atoms. The molecule has 0 unspecified atom stereocenters. The molecule has 1 N–H and O–H groups in total. The summed E-state index contributed by atoms with van der Waals surface area (Å²) in [5.41, 5.74) is 0.868. The highest BCUT2D eigenvalue weighted by Crippen LogP contribution is 2.59. The summed E-state index contributed by atoms with van der Waals surface area (Å²) in [6.45, 7) is 8.67. The molecule has 1 aromatic rings. The van der Waals surface area contributed by atoms with E-state index in [9.17, 15) is 13.2 Å². The minimum atomic E-state index is -3.96. The molecule has 0 saturated heterocycles. The van der Waals surface area contributed by atoms with E-state index in [4.69, 9.17) is 9.47 Å². The number of sulfonamides is 1. The maximum Gasteiger partial charge on any atom is 0.264 e. The number of carbonyl (C=O) groups is 1. The standard InChI is InChI=1S/C18H23NO5S/c1-11(2)9-13-16(18(13,3)4)17(20)19-25(21,22)12-5-6-14-15(10-12)24-8-7-23-14/h5-6,9-10,13,16H,7-8H2,1-4H3,(H,19,20)/t13-,16-/m0/s1. The van der Waals surface area contributed by atoms with Crippen molar-refractivity contribution in [2.75, 3.05) is 13.2 Å². The molecule has 1 heterocycles. The quantitative estimate of drug-likeness (QED) is 0.829. The summed E-state index contributed by atoms with van der Waals surface area (Å²) in [7, 11) is -3.96. The van der Waals surface area contributed by atoms with Crippen molar-refractivity contribution < 1.29 is 22.7 Å². The number of nitrogens with one attached hydrogen (secondary N) is 1. The Hall–Kier alpha value is -2.02. The van der Waals surface area contributed by atoms with Crippen molar-refractivity contribution in [2.45, 2.75) is 32.6 Å². The number of allylic oxidation sites excluding steroid dienone is 2. The molecule has 3 rings (SSSR count). The minimum Gasteiger partial charge on any atom is -0.486 e. The maximum absolute atomic E-state index is 12.6. The highest BCUT2D eigenvalue weighted by Gasteiger charge is 2.60. The van der Waals surface area contributed by atoms with Crippen molar-refractivity contribution in [2.24, 2.45) is 17.3 Å². The molecule has 1 aliphatic heterocycles. The zero-order valence-electron chi connectivity index (χ0n) is 14.8. The predicted molar refractivity (Wildman–Crippen MR) is 93.0 cm³/mol. The van der Waals surface area contributed by atoms with Crippen molar-refractivity contribution in [3.05, 3.63) is 29.8 Å². The minimum absolute atomic E-state index is 0.0117. The number of carbonyl (C=O) groups excluding carboxylic acids is 1. The number of fused-ring (bicyclic) bond motifs is 1. The molecule has 0 bridgehead atoms. The molecule has 7 heteroatoms. The number of amides is 1. The summed E-state index contributed by atoms with van der Waals surface area (Å²) < 4.78 is 38.1. The van der Waals surface area contributed by atoms with Gasteiger partial charge in [-0.15, -0.1) is 0 Å². The molecule has 1 aliphatic carbocycles. The van der Waals surface area contributed by atoms with Gasteiger partial charge in [-0.1, -0.05) is 25.5 Å². The van der Waals surface area contributed by atoms with Crippen molar-refractivity contribution in [3.8, 4) is 11.5 Å². The molecule has 2 aliphatic rings. The first-order chi connectivity index (χ1) is 11.6. The van der Waals surface area contributed by atoms with Gasteiger partial charge in [0.2, 0.25) is 5.91 Å². The number of benzene rings is 1. The molecule has 25 heavy (non-hydrogen) atoms. The average Bonchev–Trinajstić information content (AvgIpc) is 3.06. The molecule has 1 saturated carbocycles. The third-order valence-electron chi connectivity index (χ3n) is 4.76. The lowest BCUT2D eigenvalue weighted by atomic mass is 10.1. The van der Waals surface area contributed by atoms with Crippen molar-refractivity contribution in [1.29, 1.82) is 0 Å². The Morgan fingerprint density at radius 3 is 2.48 bits per heavy atom. The number of ether oxygens (including phenoxy) is 2. The average molecular weight is 365 g/mol. The van der Waals surface area contributed by atoms with Crippen LogP contribution in [0, 0.1) is 17.3 Å². The van der Waals surface area contributed by atoms with Gasteiger partial charge >= 0.3 is 0 Å². The maximum atomic E-state index is 12.6. The van der Waals surface area contributed by atoms with Crippen LogP contribution in [0.25, 0.3) is 0 Å². The van der Waals surface area contributed by atoms with Gasteiger partial charge in [0.25, 0.3) is 10.0 Å². The van der Waals surface area contributed by atoms with E-state index < -0.39 is 15.9 Å². The number of rotatable bonds is 4. The van der Waals surface area contributed by atoms with Gasteiger partial charge in [0, 0.05) is 6.07 Å². The lowest BCUT2D eigenvalue weighted by molar-refractivity contribution is -0.121. The summed E-state index contributed by atoms with van der Waals surface area (Å²) in [4.78, 5) is 12.5. The van der Waals surface area contributed by atoms with E-state index in [2.05, 4.69) is 4.72 Å². The smallest absolute Gasteiger partial charge is 0.264 e. The van der Waals surface area contributed by atoms with Crippen LogP contribution in [0.2, 0.25) is 0 Å². The Balaban J connectivity index is 1.78. The Morgan fingerprint density at radius 2 is 1.84 bits per heavy atom. The first-order valence-electron chi connectivity index (χ1n) is 8.24. The van der Waals surface area contributed by atoms with Crippen LogP contribution >= 0.6 is 0 Å². The van der Waals surface area contributed by atoms with Gasteiger partial charge in [0.05, 0.1) is 10.8 Å². The molecule has 0 radical (unpaired) electrons. The zero-order chi connectivity index (χ0) is 18.4. The zero-order valence-corrected chi connectivity index (χ0v) is 15.6. The molecule has 1 fully saturated rings. The lowest BCUT2D eigenvalue weighted by Gasteiger charge is -2.19. The molecule has 2 atom stereocenters. The van der Waals surface area contributed by atoms with E-state index in [1.54, 1.807) is 6.07 Å². The van der Waals surface area contributed by atoms with Crippen molar-refractivity contribution >= 4 is 15.9 Å². The fraction of sp³-hybridized carbons (Fsp3) is 0.500. The Morgan fingerprint density at radius 1 is 1.20 bits per heavy atom. The molecule has 1 amide bonds. The first kappa shape index (κ1) is 17.8. The van der Waals surface area contributed by atoms with Crippen LogP contribution in [0.5, 0.6) is 11.5 Å². The van der Waals surface area contributed by atoms with Gasteiger partial charge < -0.3 is 9.47 Å². The topological polar surface area (TPSA) is 81.7 Å². The fourth-order valence-corrected chi connectivity index (χ4v) is 4.31.